The largest absolute Gasteiger partial charge is 0.0720 e. The first kappa shape index (κ1) is 13.6. The van der Waals surface area contributed by atoms with Crippen LogP contribution in [0.25, 0.3) is 27.6 Å². The molecule has 1 aliphatic rings. The van der Waals surface area contributed by atoms with Crippen LogP contribution in [0, 0.1) is 6.92 Å². The first-order valence-electron chi connectivity index (χ1n) is 8.50. The molecule has 0 bridgehead atoms. The lowest BCUT2D eigenvalue weighted by molar-refractivity contribution is 1.06. The van der Waals surface area contributed by atoms with Crippen LogP contribution >= 0.6 is 0 Å². The van der Waals surface area contributed by atoms with Crippen LogP contribution in [-0.2, 0) is 0 Å². The molecule has 0 heterocycles. The Morgan fingerprint density at radius 1 is 0.708 bits per heavy atom. The Labute approximate surface area is 142 Å². The van der Waals surface area contributed by atoms with E-state index < -0.39 is 0 Å². The number of hydrogen-bond donors (Lipinski definition) is 0. The maximum Gasteiger partial charge on any atom is 0.0285 e. The van der Waals surface area contributed by atoms with E-state index in [0.29, 0.717) is 5.92 Å². The number of fused-ring (bicyclic) bond motifs is 4. The number of hydrogen-bond acceptors (Lipinski definition) is 0. The van der Waals surface area contributed by atoms with Crippen LogP contribution in [0.5, 0.6) is 0 Å². The summed E-state index contributed by atoms with van der Waals surface area (Å²) in [6.45, 7) is 2.20. The summed E-state index contributed by atoms with van der Waals surface area (Å²) in [5.41, 5.74) is 5.50. The second-order valence-corrected chi connectivity index (χ2v) is 6.70. The normalized spacial score (nSPS) is 16.0. The molecule has 0 aromatic heterocycles. The predicted octanol–water partition coefficient (Wildman–Crippen LogP) is 6.46. The first-order valence-corrected chi connectivity index (χ1v) is 8.50. The number of benzene rings is 4. The number of aryl methyl sites for hydroxylation is 1. The molecular weight excluding hydrogens is 288 g/mol. The van der Waals surface area contributed by atoms with Crippen molar-refractivity contribution in [1.82, 2.24) is 0 Å². The van der Waals surface area contributed by atoms with Gasteiger partial charge in [-0.25, -0.2) is 0 Å². The number of rotatable bonds is 1. The fraction of sp³-hybridized carbons (Fsp3) is 0.0833. The molecule has 0 radical (unpaired) electrons. The van der Waals surface area contributed by atoms with E-state index in [-0.39, 0.29) is 0 Å². The lowest BCUT2D eigenvalue weighted by Gasteiger charge is -2.17. The highest BCUT2D eigenvalue weighted by atomic mass is 14.2. The summed E-state index contributed by atoms with van der Waals surface area (Å²) in [6, 6.07) is 26.6. The van der Waals surface area contributed by atoms with E-state index in [1.165, 1.54) is 43.8 Å². The van der Waals surface area contributed by atoms with Gasteiger partial charge in [-0.1, -0.05) is 90.5 Å². The van der Waals surface area contributed by atoms with Gasteiger partial charge in [0.05, 0.1) is 0 Å². The molecule has 0 fully saturated rings. The summed E-state index contributed by atoms with van der Waals surface area (Å²) in [6.07, 6.45) is 4.61. The van der Waals surface area contributed by atoms with Crippen molar-refractivity contribution in [3.63, 3.8) is 0 Å². The summed E-state index contributed by atoms with van der Waals surface area (Å²) >= 11 is 0. The summed E-state index contributed by atoms with van der Waals surface area (Å²) < 4.78 is 0. The van der Waals surface area contributed by atoms with Gasteiger partial charge in [0, 0.05) is 5.92 Å². The third kappa shape index (κ3) is 1.93. The minimum Gasteiger partial charge on any atom is -0.0720 e. The van der Waals surface area contributed by atoms with Gasteiger partial charge in [-0.3, -0.25) is 0 Å². The molecule has 1 aliphatic carbocycles. The third-order valence-corrected chi connectivity index (χ3v) is 5.15. The van der Waals surface area contributed by atoms with Gasteiger partial charge in [0.25, 0.3) is 0 Å². The standard InChI is InChI=1S/C24H18/c1-16-14-19-11-10-18-7-3-5-9-21(18)24(19)23(15-16)22-13-12-17-6-2-4-8-20(17)22/h2-15,22H,1H3. The zero-order chi connectivity index (χ0) is 16.1. The van der Waals surface area contributed by atoms with E-state index in [0.717, 1.165) is 0 Å². The quantitative estimate of drug-likeness (QED) is 0.354. The van der Waals surface area contributed by atoms with Crippen LogP contribution in [0.4, 0.5) is 0 Å². The first-order chi connectivity index (χ1) is 11.8. The fourth-order valence-corrected chi connectivity index (χ4v) is 4.10. The van der Waals surface area contributed by atoms with Crippen LogP contribution in [-0.4, -0.2) is 0 Å². The lowest BCUT2D eigenvalue weighted by atomic mass is 9.86. The maximum absolute atomic E-state index is 2.37. The lowest BCUT2D eigenvalue weighted by Crippen LogP contribution is -1.98. The van der Waals surface area contributed by atoms with Crippen molar-refractivity contribution < 1.29 is 0 Å². The number of allylic oxidation sites excluding steroid dienone is 1. The Bertz CT molecular complexity index is 1120. The van der Waals surface area contributed by atoms with E-state index in [4.69, 9.17) is 0 Å². The Morgan fingerprint density at radius 2 is 1.50 bits per heavy atom. The molecule has 0 saturated carbocycles. The van der Waals surface area contributed by atoms with E-state index in [9.17, 15) is 0 Å². The van der Waals surface area contributed by atoms with Gasteiger partial charge in [-0.05, 0) is 45.2 Å². The highest BCUT2D eigenvalue weighted by Crippen LogP contribution is 2.41. The Hall–Kier alpha value is -2.86. The maximum atomic E-state index is 2.37. The van der Waals surface area contributed by atoms with E-state index in [2.05, 4.69) is 91.9 Å². The van der Waals surface area contributed by atoms with Crippen LogP contribution < -0.4 is 0 Å². The van der Waals surface area contributed by atoms with Gasteiger partial charge in [0.2, 0.25) is 0 Å². The molecule has 0 aliphatic heterocycles. The SMILES string of the molecule is Cc1cc(C2C=Cc3ccccc32)c2c(ccc3ccccc32)c1. The minimum absolute atomic E-state index is 0.342. The second kappa shape index (κ2) is 5.07. The van der Waals surface area contributed by atoms with Crippen molar-refractivity contribution in [2.24, 2.45) is 0 Å². The van der Waals surface area contributed by atoms with E-state index in [1.807, 2.05) is 0 Å². The highest BCUT2D eigenvalue weighted by Gasteiger charge is 2.21. The van der Waals surface area contributed by atoms with Gasteiger partial charge in [-0.2, -0.15) is 0 Å². The molecule has 4 aromatic rings. The molecule has 1 unspecified atom stereocenters. The third-order valence-electron chi connectivity index (χ3n) is 5.15. The summed E-state index contributed by atoms with van der Waals surface area (Å²) in [5.74, 6) is 0.342. The fourth-order valence-electron chi connectivity index (χ4n) is 4.10. The summed E-state index contributed by atoms with van der Waals surface area (Å²) in [4.78, 5) is 0. The zero-order valence-electron chi connectivity index (χ0n) is 13.7. The summed E-state index contributed by atoms with van der Waals surface area (Å²) in [5, 5.41) is 5.39. The van der Waals surface area contributed by atoms with Gasteiger partial charge in [0.1, 0.15) is 0 Å². The molecular formula is C24H18. The Balaban J connectivity index is 1.89. The van der Waals surface area contributed by atoms with E-state index >= 15 is 0 Å². The molecule has 0 amide bonds. The topological polar surface area (TPSA) is 0 Å². The van der Waals surface area contributed by atoms with Crippen molar-refractivity contribution in [2.75, 3.05) is 0 Å². The molecule has 4 aromatic carbocycles. The van der Waals surface area contributed by atoms with Gasteiger partial charge >= 0.3 is 0 Å². The van der Waals surface area contributed by atoms with Crippen LogP contribution in [0.3, 0.4) is 0 Å². The zero-order valence-corrected chi connectivity index (χ0v) is 13.7. The van der Waals surface area contributed by atoms with Crippen molar-refractivity contribution >= 4 is 27.6 Å². The van der Waals surface area contributed by atoms with Gasteiger partial charge < -0.3 is 0 Å². The predicted molar refractivity (Wildman–Crippen MR) is 104 cm³/mol. The van der Waals surface area contributed by atoms with Gasteiger partial charge in [0.15, 0.2) is 0 Å². The second-order valence-electron chi connectivity index (χ2n) is 6.70. The van der Waals surface area contributed by atoms with Crippen LogP contribution in [0.15, 0.2) is 78.9 Å². The van der Waals surface area contributed by atoms with Crippen molar-refractivity contribution in [2.45, 2.75) is 12.8 Å². The molecule has 24 heavy (non-hydrogen) atoms. The molecule has 0 N–H and O–H groups in total. The minimum atomic E-state index is 0.342. The van der Waals surface area contributed by atoms with E-state index in [1.54, 1.807) is 0 Å². The Morgan fingerprint density at radius 3 is 2.46 bits per heavy atom. The molecule has 0 heteroatoms. The smallest absolute Gasteiger partial charge is 0.0285 e. The van der Waals surface area contributed by atoms with Gasteiger partial charge in [-0.15, -0.1) is 0 Å². The average Bonchev–Trinajstić information content (AvgIpc) is 3.04. The highest BCUT2D eigenvalue weighted by molar-refractivity contribution is 6.10. The van der Waals surface area contributed by atoms with Crippen molar-refractivity contribution in [1.29, 1.82) is 0 Å². The molecule has 0 saturated heterocycles. The van der Waals surface area contributed by atoms with Crippen LogP contribution in [0.1, 0.15) is 28.2 Å². The monoisotopic (exact) mass is 306 g/mol. The molecule has 114 valence electrons. The Kier molecular flexibility index (Phi) is 2.87. The van der Waals surface area contributed by atoms with Crippen LogP contribution in [0.2, 0.25) is 0 Å². The molecule has 0 nitrogen and oxygen atoms in total. The van der Waals surface area contributed by atoms with Crippen molar-refractivity contribution in [3.05, 3.63) is 101 Å². The summed E-state index contributed by atoms with van der Waals surface area (Å²) in [7, 11) is 0. The van der Waals surface area contributed by atoms with Crippen molar-refractivity contribution in [3.8, 4) is 0 Å². The molecule has 5 rings (SSSR count). The molecule has 1 atom stereocenters. The molecule has 0 spiro atoms. The average molecular weight is 306 g/mol.